The molecule has 0 atom stereocenters. The third-order valence-corrected chi connectivity index (χ3v) is 1.96. The van der Waals surface area contributed by atoms with Gasteiger partial charge in [0.05, 0.1) is 10.6 Å². The molecule has 20 heavy (non-hydrogen) atoms. The smallest absolute Gasteiger partial charge is 0.412 e. The van der Waals surface area contributed by atoms with Gasteiger partial charge in [-0.25, -0.2) is 13.6 Å². The first kappa shape index (κ1) is 15.7. The molecule has 9 heteroatoms. The Hall–Kier alpha value is -2.32. The van der Waals surface area contributed by atoms with Crippen molar-refractivity contribution in [3.8, 4) is 0 Å². The minimum atomic E-state index is -2.05. The van der Waals surface area contributed by atoms with Crippen LogP contribution in [0.4, 0.5) is 29.3 Å². The summed E-state index contributed by atoms with van der Waals surface area (Å²) in [6, 6.07) is 0.373. The summed E-state index contributed by atoms with van der Waals surface area (Å²) < 4.78 is 44.4. The van der Waals surface area contributed by atoms with Crippen LogP contribution < -0.4 is 5.32 Å². The molecule has 1 N–H and O–H groups in total. The van der Waals surface area contributed by atoms with Gasteiger partial charge in [-0.1, -0.05) is 0 Å². The standard InChI is InChI=1S/C11H11F3N2O4/c1-11(2,3)20-10(17)15-5-4-6(16(18)19)8(13)9(14)7(5)12/h4H,1-3H3,(H,15,17). The number of benzene rings is 1. The van der Waals surface area contributed by atoms with Crippen LogP contribution in [0.1, 0.15) is 20.8 Å². The van der Waals surface area contributed by atoms with Crippen LogP contribution in [0.2, 0.25) is 0 Å². The van der Waals surface area contributed by atoms with Crippen LogP contribution in [-0.4, -0.2) is 16.6 Å². The van der Waals surface area contributed by atoms with Gasteiger partial charge in [0.25, 0.3) is 0 Å². The summed E-state index contributed by atoms with van der Waals surface area (Å²) in [4.78, 5) is 20.6. The van der Waals surface area contributed by atoms with Crippen LogP contribution in [-0.2, 0) is 4.74 Å². The lowest BCUT2D eigenvalue weighted by molar-refractivity contribution is -0.387. The predicted molar refractivity (Wildman–Crippen MR) is 62.8 cm³/mol. The van der Waals surface area contributed by atoms with Crippen LogP contribution in [0, 0.1) is 27.6 Å². The van der Waals surface area contributed by atoms with Gasteiger partial charge in [-0.3, -0.25) is 15.4 Å². The number of nitro groups is 1. The Morgan fingerprint density at radius 3 is 2.25 bits per heavy atom. The summed E-state index contributed by atoms with van der Waals surface area (Å²) in [5, 5.41) is 12.3. The van der Waals surface area contributed by atoms with E-state index in [0.717, 1.165) is 0 Å². The average molecular weight is 292 g/mol. The molecule has 0 saturated carbocycles. The number of amides is 1. The van der Waals surface area contributed by atoms with Gasteiger partial charge in [0.1, 0.15) is 5.60 Å². The number of carbonyl (C=O) groups is 1. The molecule has 0 radical (unpaired) electrons. The lowest BCUT2D eigenvalue weighted by Crippen LogP contribution is -2.27. The molecular weight excluding hydrogens is 281 g/mol. The van der Waals surface area contributed by atoms with Crippen molar-refractivity contribution in [2.75, 3.05) is 5.32 Å². The molecule has 0 bridgehead atoms. The van der Waals surface area contributed by atoms with Crippen LogP contribution in [0.25, 0.3) is 0 Å². The highest BCUT2D eigenvalue weighted by Crippen LogP contribution is 2.28. The van der Waals surface area contributed by atoms with E-state index in [9.17, 15) is 28.1 Å². The van der Waals surface area contributed by atoms with E-state index >= 15 is 0 Å². The normalized spacial score (nSPS) is 11.1. The first-order valence-corrected chi connectivity index (χ1v) is 5.35. The second kappa shape index (κ2) is 5.35. The number of carbonyl (C=O) groups excluding carboxylic acids is 1. The second-order valence-electron chi connectivity index (χ2n) is 4.77. The molecule has 0 fully saturated rings. The number of nitro benzene ring substituents is 1. The molecule has 0 aliphatic rings. The van der Waals surface area contributed by atoms with Crippen molar-refractivity contribution in [1.29, 1.82) is 0 Å². The number of rotatable bonds is 2. The molecule has 110 valence electrons. The molecule has 1 amide bonds. The van der Waals surface area contributed by atoms with Crippen LogP contribution in [0.5, 0.6) is 0 Å². The van der Waals surface area contributed by atoms with Gasteiger partial charge in [0.15, 0.2) is 5.82 Å². The van der Waals surface area contributed by atoms with E-state index < -0.39 is 45.4 Å². The summed E-state index contributed by atoms with van der Waals surface area (Å²) in [5.74, 6) is -5.74. The van der Waals surface area contributed by atoms with Gasteiger partial charge >= 0.3 is 11.8 Å². The first-order valence-electron chi connectivity index (χ1n) is 5.35. The minimum Gasteiger partial charge on any atom is -0.444 e. The first-order chi connectivity index (χ1) is 9.03. The Morgan fingerprint density at radius 1 is 1.25 bits per heavy atom. The van der Waals surface area contributed by atoms with Crippen molar-refractivity contribution in [3.05, 3.63) is 33.6 Å². The van der Waals surface area contributed by atoms with Gasteiger partial charge in [-0.15, -0.1) is 0 Å². The molecule has 1 rings (SSSR count). The molecule has 1 aromatic carbocycles. The third kappa shape index (κ3) is 3.59. The highest BCUT2D eigenvalue weighted by atomic mass is 19.2. The van der Waals surface area contributed by atoms with Gasteiger partial charge in [-0.2, -0.15) is 4.39 Å². The monoisotopic (exact) mass is 292 g/mol. The maximum absolute atomic E-state index is 13.4. The van der Waals surface area contributed by atoms with E-state index in [4.69, 9.17) is 4.74 Å². The van der Waals surface area contributed by atoms with E-state index in [1.807, 2.05) is 0 Å². The molecule has 0 aromatic heterocycles. The third-order valence-electron chi connectivity index (χ3n) is 1.96. The number of halogens is 3. The van der Waals surface area contributed by atoms with E-state index in [1.54, 1.807) is 5.32 Å². The molecule has 6 nitrogen and oxygen atoms in total. The Kier molecular flexibility index (Phi) is 4.21. The molecule has 1 aromatic rings. The quantitative estimate of drug-likeness (QED) is 0.515. The van der Waals surface area contributed by atoms with Gasteiger partial charge < -0.3 is 4.74 Å². The van der Waals surface area contributed by atoms with Crippen molar-refractivity contribution >= 4 is 17.5 Å². The average Bonchev–Trinajstić information content (AvgIpc) is 2.27. The molecule has 0 spiro atoms. The van der Waals surface area contributed by atoms with E-state index in [1.165, 1.54) is 20.8 Å². The lowest BCUT2D eigenvalue weighted by atomic mass is 10.2. The summed E-state index contributed by atoms with van der Waals surface area (Å²) in [7, 11) is 0. The maximum atomic E-state index is 13.4. The summed E-state index contributed by atoms with van der Waals surface area (Å²) in [6.45, 7) is 4.57. The fraction of sp³-hybridized carbons (Fsp3) is 0.364. The summed E-state index contributed by atoms with van der Waals surface area (Å²) in [5.41, 5.74) is -3.09. The van der Waals surface area contributed by atoms with E-state index in [2.05, 4.69) is 0 Å². The van der Waals surface area contributed by atoms with Crippen molar-refractivity contribution in [3.63, 3.8) is 0 Å². The topological polar surface area (TPSA) is 81.5 Å². The van der Waals surface area contributed by atoms with Crippen molar-refractivity contribution < 1.29 is 27.6 Å². The SMILES string of the molecule is CC(C)(C)OC(=O)Nc1cc([N+](=O)[O-])c(F)c(F)c1F. The fourth-order valence-corrected chi connectivity index (χ4v) is 1.23. The molecule has 0 aliphatic carbocycles. The van der Waals surface area contributed by atoms with E-state index in [0.29, 0.717) is 6.07 Å². The zero-order valence-corrected chi connectivity index (χ0v) is 10.8. The predicted octanol–water partition coefficient (Wildman–Crippen LogP) is 3.36. The summed E-state index contributed by atoms with van der Waals surface area (Å²) in [6.07, 6.45) is -1.16. The molecule has 0 saturated heterocycles. The molecule has 0 heterocycles. The Labute approximate surface area is 111 Å². The number of ether oxygens (including phenoxy) is 1. The van der Waals surface area contributed by atoms with Crippen LogP contribution in [0.3, 0.4) is 0 Å². The van der Waals surface area contributed by atoms with Gasteiger partial charge in [0.2, 0.25) is 11.6 Å². The number of nitrogens with one attached hydrogen (secondary N) is 1. The summed E-state index contributed by atoms with van der Waals surface area (Å²) >= 11 is 0. The minimum absolute atomic E-state index is 0.373. The Balaban J connectivity index is 3.13. The number of hydrogen-bond donors (Lipinski definition) is 1. The van der Waals surface area contributed by atoms with E-state index in [-0.39, 0.29) is 0 Å². The molecular formula is C11H11F3N2O4. The lowest BCUT2D eigenvalue weighted by Gasteiger charge is -2.19. The highest BCUT2D eigenvalue weighted by Gasteiger charge is 2.27. The fourth-order valence-electron chi connectivity index (χ4n) is 1.23. The van der Waals surface area contributed by atoms with Gasteiger partial charge in [0, 0.05) is 6.07 Å². The maximum Gasteiger partial charge on any atom is 0.412 e. The Morgan fingerprint density at radius 2 is 1.80 bits per heavy atom. The molecule has 0 aliphatic heterocycles. The largest absolute Gasteiger partial charge is 0.444 e. The van der Waals surface area contributed by atoms with Crippen molar-refractivity contribution in [1.82, 2.24) is 0 Å². The number of anilines is 1. The van der Waals surface area contributed by atoms with Crippen molar-refractivity contribution in [2.24, 2.45) is 0 Å². The van der Waals surface area contributed by atoms with Crippen LogP contribution in [0.15, 0.2) is 6.07 Å². The number of hydrogen-bond acceptors (Lipinski definition) is 4. The Bertz CT molecular complexity index is 570. The van der Waals surface area contributed by atoms with Gasteiger partial charge in [-0.05, 0) is 20.8 Å². The second-order valence-corrected chi connectivity index (χ2v) is 4.77. The van der Waals surface area contributed by atoms with Crippen LogP contribution >= 0.6 is 0 Å². The number of nitrogens with zero attached hydrogens (tertiary/aromatic N) is 1. The van der Waals surface area contributed by atoms with Crippen molar-refractivity contribution in [2.45, 2.75) is 26.4 Å². The zero-order valence-electron chi connectivity index (χ0n) is 10.8. The molecule has 0 unspecified atom stereocenters. The zero-order chi connectivity index (χ0) is 15.7. The highest BCUT2D eigenvalue weighted by molar-refractivity contribution is 5.85.